The van der Waals surface area contributed by atoms with E-state index in [9.17, 15) is 9.59 Å². The molecule has 0 aromatic rings. The summed E-state index contributed by atoms with van der Waals surface area (Å²) in [7, 11) is 1.86. The number of nitrogens with zero attached hydrogens (tertiary/aromatic N) is 1. The molecule has 274 valence electrons. The van der Waals surface area contributed by atoms with Crippen LogP contribution >= 0.6 is 0 Å². The lowest BCUT2D eigenvalue weighted by Gasteiger charge is -2.28. The summed E-state index contributed by atoms with van der Waals surface area (Å²) < 4.78 is 0. The Bertz CT molecular complexity index is 609. The van der Waals surface area contributed by atoms with Gasteiger partial charge in [0.1, 0.15) is 38.4 Å². The monoisotopic (exact) mass is 654 g/mol. The Morgan fingerprint density at radius 1 is 0.435 bits per heavy atom. The molecule has 0 aliphatic rings. The largest absolute Gasteiger partial charge is 0.330 e. The number of quaternary nitrogens is 1. The average Bonchev–Trinajstić information content (AvgIpc) is 3.04. The van der Waals surface area contributed by atoms with Crippen LogP contribution in [0.1, 0.15) is 213 Å². The maximum Gasteiger partial charge on any atom is 0.143 e. The lowest BCUT2D eigenvalue weighted by atomic mass is 10.0. The SMILES string of the molecule is CCCCCCCCCCCCCCCC(=O)CCO[N+](C)(CCCN)OCCC(=O)CCCCCCCCCCCCCCC. The summed E-state index contributed by atoms with van der Waals surface area (Å²) in [5.41, 5.74) is 5.74. The molecule has 0 aromatic heterocycles. The summed E-state index contributed by atoms with van der Waals surface area (Å²) in [6.07, 6.45) is 37.0. The third-order valence-electron chi connectivity index (χ3n) is 9.38. The van der Waals surface area contributed by atoms with Crippen molar-refractivity contribution < 1.29 is 24.1 Å². The number of Topliss-reactive ketones (excluding diaryl/α,β-unsaturated/α-hetero) is 2. The minimum absolute atomic E-state index is 0.0464. The topological polar surface area (TPSA) is 78.6 Å². The van der Waals surface area contributed by atoms with Crippen LogP contribution in [0.2, 0.25) is 0 Å². The van der Waals surface area contributed by atoms with Gasteiger partial charge in [-0.25, -0.2) is 0 Å². The molecular weight excluding hydrogens is 572 g/mol. The average molecular weight is 654 g/mol. The van der Waals surface area contributed by atoms with Gasteiger partial charge in [0.15, 0.2) is 0 Å². The Balaban J connectivity index is 3.82. The smallest absolute Gasteiger partial charge is 0.143 e. The van der Waals surface area contributed by atoms with Gasteiger partial charge in [-0.2, -0.15) is 9.68 Å². The number of hydrogen-bond donors (Lipinski definition) is 1. The molecule has 0 fully saturated rings. The third-order valence-corrected chi connectivity index (χ3v) is 9.38. The molecule has 0 aliphatic carbocycles. The van der Waals surface area contributed by atoms with E-state index in [0.717, 1.165) is 32.1 Å². The van der Waals surface area contributed by atoms with E-state index in [0.29, 0.717) is 52.0 Å². The van der Waals surface area contributed by atoms with Crippen molar-refractivity contribution in [1.82, 2.24) is 0 Å². The van der Waals surface area contributed by atoms with E-state index in [-0.39, 0.29) is 16.4 Å². The first kappa shape index (κ1) is 45.2. The summed E-state index contributed by atoms with van der Waals surface area (Å²) >= 11 is 0. The van der Waals surface area contributed by atoms with Crippen molar-refractivity contribution in [2.24, 2.45) is 5.73 Å². The van der Waals surface area contributed by atoms with Gasteiger partial charge in [0.05, 0.1) is 0 Å². The van der Waals surface area contributed by atoms with Gasteiger partial charge in [-0.15, -0.1) is 0 Å². The molecule has 6 nitrogen and oxygen atoms in total. The number of carbonyl (C=O) groups excluding carboxylic acids is 2. The van der Waals surface area contributed by atoms with E-state index in [1.54, 1.807) is 0 Å². The van der Waals surface area contributed by atoms with E-state index in [4.69, 9.17) is 15.4 Å². The first-order chi connectivity index (χ1) is 22.5. The summed E-state index contributed by atoms with van der Waals surface area (Å²) in [4.78, 5) is 36.8. The highest BCUT2D eigenvalue weighted by molar-refractivity contribution is 5.78. The third kappa shape index (κ3) is 33.1. The van der Waals surface area contributed by atoms with Crippen molar-refractivity contribution in [3.8, 4) is 0 Å². The maximum atomic E-state index is 12.4. The minimum Gasteiger partial charge on any atom is -0.330 e. The van der Waals surface area contributed by atoms with Crippen molar-refractivity contribution in [2.45, 2.75) is 213 Å². The molecule has 0 bridgehead atoms. The number of hydroxylamine groups is 4. The van der Waals surface area contributed by atoms with Crippen molar-refractivity contribution in [2.75, 3.05) is 33.4 Å². The molecule has 6 heteroatoms. The molecule has 0 aromatic carbocycles. The zero-order valence-corrected chi connectivity index (χ0v) is 31.4. The van der Waals surface area contributed by atoms with Gasteiger partial charge in [-0.05, 0) is 24.2 Å². The molecule has 0 spiro atoms. The van der Waals surface area contributed by atoms with Gasteiger partial charge in [0.25, 0.3) is 0 Å². The summed E-state index contributed by atoms with van der Waals surface area (Å²) in [6.45, 7) is 6.38. The Kier molecular flexibility index (Phi) is 34.9. The number of ketones is 2. The highest BCUT2D eigenvalue weighted by Gasteiger charge is 2.26. The predicted molar refractivity (Wildman–Crippen MR) is 196 cm³/mol. The van der Waals surface area contributed by atoms with Crippen LogP contribution in [0.3, 0.4) is 0 Å². The Hall–Kier alpha value is -0.820. The van der Waals surface area contributed by atoms with Crippen molar-refractivity contribution in [1.29, 1.82) is 0 Å². The van der Waals surface area contributed by atoms with E-state index in [2.05, 4.69) is 13.8 Å². The lowest BCUT2D eigenvalue weighted by Crippen LogP contribution is -2.46. The van der Waals surface area contributed by atoms with Gasteiger partial charge < -0.3 is 5.73 Å². The van der Waals surface area contributed by atoms with Gasteiger partial charge in [0.2, 0.25) is 0 Å². The van der Waals surface area contributed by atoms with Crippen LogP contribution in [0.4, 0.5) is 0 Å². The number of hydrogen-bond acceptors (Lipinski definition) is 5. The fourth-order valence-electron chi connectivity index (χ4n) is 6.18. The first-order valence-electron chi connectivity index (χ1n) is 20.4. The molecule has 0 unspecified atom stereocenters. The molecule has 0 heterocycles. The fraction of sp³-hybridized carbons (Fsp3) is 0.950. The highest BCUT2D eigenvalue weighted by Crippen LogP contribution is 2.16. The van der Waals surface area contributed by atoms with Crippen LogP contribution in [-0.4, -0.2) is 49.7 Å². The lowest BCUT2D eigenvalue weighted by molar-refractivity contribution is -1.23. The summed E-state index contributed by atoms with van der Waals surface area (Å²) in [5.74, 6) is 0.530. The number of unbranched alkanes of at least 4 members (excludes halogenated alkanes) is 24. The molecule has 0 saturated carbocycles. The summed E-state index contributed by atoms with van der Waals surface area (Å²) in [6, 6.07) is 0. The first-order valence-corrected chi connectivity index (χ1v) is 20.4. The van der Waals surface area contributed by atoms with E-state index in [1.165, 1.54) is 141 Å². The van der Waals surface area contributed by atoms with Crippen molar-refractivity contribution in [3.05, 3.63) is 0 Å². The molecule has 0 aliphatic heterocycles. The molecule has 0 amide bonds. The van der Waals surface area contributed by atoms with E-state index in [1.807, 2.05) is 7.05 Å². The Morgan fingerprint density at radius 2 is 0.717 bits per heavy atom. The quantitative estimate of drug-likeness (QED) is 0.0406. The molecule has 0 radical (unpaired) electrons. The van der Waals surface area contributed by atoms with Crippen LogP contribution in [-0.2, 0) is 19.3 Å². The second-order valence-corrected chi connectivity index (χ2v) is 14.1. The van der Waals surface area contributed by atoms with Crippen molar-refractivity contribution >= 4 is 11.6 Å². The zero-order valence-electron chi connectivity index (χ0n) is 31.4. The Labute approximate surface area is 287 Å². The predicted octanol–water partition coefficient (Wildman–Crippen LogP) is 11.5. The van der Waals surface area contributed by atoms with Crippen LogP contribution < -0.4 is 5.73 Å². The molecular formula is C40H81N2O4+. The second kappa shape index (κ2) is 35.5. The van der Waals surface area contributed by atoms with Gasteiger partial charge >= 0.3 is 0 Å². The second-order valence-electron chi connectivity index (χ2n) is 14.1. The van der Waals surface area contributed by atoms with Crippen molar-refractivity contribution in [3.63, 3.8) is 0 Å². The maximum absolute atomic E-state index is 12.4. The molecule has 0 atom stereocenters. The van der Waals surface area contributed by atoms with Crippen LogP contribution in [0.15, 0.2) is 0 Å². The van der Waals surface area contributed by atoms with Crippen LogP contribution in [0.5, 0.6) is 0 Å². The fourth-order valence-corrected chi connectivity index (χ4v) is 6.18. The summed E-state index contributed by atoms with van der Waals surface area (Å²) in [5, 5.41) is 0. The van der Waals surface area contributed by atoms with Gasteiger partial charge in [0, 0.05) is 32.1 Å². The number of carbonyl (C=O) groups is 2. The molecule has 0 rings (SSSR count). The van der Waals surface area contributed by atoms with E-state index >= 15 is 0 Å². The standard InChI is InChI=1S/C40H81N2O4/c1-4-6-8-10-12-14-16-18-20-22-24-26-28-31-39(43)33-37-45-42(3,36-30-35-41)46-38-34-40(44)32-29-27-25-23-21-19-17-15-13-11-9-7-5-2/h4-38,41H2,1-3H3/q+1. The Morgan fingerprint density at radius 3 is 1.00 bits per heavy atom. The number of rotatable bonds is 39. The van der Waals surface area contributed by atoms with Crippen LogP contribution in [0.25, 0.3) is 0 Å². The minimum atomic E-state index is -0.0464. The zero-order chi connectivity index (χ0) is 33.8. The normalized spacial score (nSPS) is 11.8. The number of nitrogens with two attached hydrogens (primary N) is 1. The van der Waals surface area contributed by atoms with Gasteiger partial charge in [-0.3, -0.25) is 9.59 Å². The highest BCUT2D eigenvalue weighted by atomic mass is 17.0. The van der Waals surface area contributed by atoms with E-state index < -0.39 is 0 Å². The molecule has 0 saturated heterocycles. The molecule has 46 heavy (non-hydrogen) atoms. The van der Waals surface area contributed by atoms with Gasteiger partial charge in [-0.1, -0.05) is 168 Å². The van der Waals surface area contributed by atoms with Crippen LogP contribution in [0, 0.1) is 0 Å². The molecule has 2 N–H and O–H groups in total.